The molecule has 1 aromatic carbocycles. The number of nitrogens with one attached hydrogen (secondary N) is 2. The van der Waals surface area contributed by atoms with E-state index >= 15 is 0 Å². The Hall–Kier alpha value is -2.97. The normalized spacial score (nSPS) is 16.7. The van der Waals surface area contributed by atoms with E-state index in [-0.39, 0.29) is 36.5 Å². The van der Waals surface area contributed by atoms with Gasteiger partial charge in [0, 0.05) is 37.1 Å². The van der Waals surface area contributed by atoms with E-state index in [1.165, 1.54) is 0 Å². The van der Waals surface area contributed by atoms with Crippen LogP contribution < -0.4 is 21.3 Å². The molecule has 1 atom stereocenters. The third-order valence-electron chi connectivity index (χ3n) is 5.32. The number of carbonyl (C=O) groups is 3. The van der Waals surface area contributed by atoms with Crippen molar-refractivity contribution in [3.8, 4) is 0 Å². The van der Waals surface area contributed by atoms with Crippen LogP contribution in [0.4, 0.5) is 16.2 Å². The van der Waals surface area contributed by atoms with Crippen molar-refractivity contribution in [2.24, 2.45) is 5.92 Å². The van der Waals surface area contributed by atoms with Crippen molar-refractivity contribution in [2.75, 3.05) is 36.8 Å². The van der Waals surface area contributed by atoms with E-state index < -0.39 is 11.5 Å². The zero-order valence-corrected chi connectivity index (χ0v) is 20.9. The van der Waals surface area contributed by atoms with Gasteiger partial charge < -0.3 is 30.9 Å². The highest BCUT2D eigenvalue weighted by molar-refractivity contribution is 6.01. The second-order valence-corrected chi connectivity index (χ2v) is 10.1. The Morgan fingerprint density at radius 1 is 1.15 bits per heavy atom. The minimum atomic E-state index is -0.555. The Balaban J connectivity index is 2.14. The van der Waals surface area contributed by atoms with Gasteiger partial charge in [-0.3, -0.25) is 9.59 Å². The molecule has 0 saturated carbocycles. The van der Waals surface area contributed by atoms with Gasteiger partial charge in [-0.05, 0) is 58.7 Å². The fraction of sp³-hybridized carbons (Fsp3) is 0.625. The van der Waals surface area contributed by atoms with Gasteiger partial charge in [0.15, 0.2) is 0 Å². The summed E-state index contributed by atoms with van der Waals surface area (Å²) in [5.41, 5.74) is 7.00. The Bertz CT molecular complexity index is 863. The van der Waals surface area contributed by atoms with Crippen molar-refractivity contribution >= 4 is 29.3 Å². The molecule has 0 bridgehead atoms. The molecule has 1 saturated heterocycles. The average Bonchev–Trinajstić information content (AvgIpc) is 2.70. The van der Waals surface area contributed by atoms with Crippen molar-refractivity contribution in [2.45, 2.75) is 66.2 Å². The van der Waals surface area contributed by atoms with E-state index in [1.807, 2.05) is 40.7 Å². The topological polar surface area (TPSA) is 117 Å². The first kappa shape index (κ1) is 26.3. The number of piperazine rings is 1. The Labute approximate surface area is 197 Å². The van der Waals surface area contributed by atoms with E-state index in [0.29, 0.717) is 30.9 Å². The second kappa shape index (κ2) is 10.8. The molecule has 0 aliphatic carbocycles. The van der Waals surface area contributed by atoms with Crippen molar-refractivity contribution < 1.29 is 19.1 Å². The molecule has 3 amide bonds. The molecule has 0 unspecified atom stereocenters. The Kier molecular flexibility index (Phi) is 8.57. The molecule has 1 fully saturated rings. The number of anilines is 2. The maximum Gasteiger partial charge on any atom is 0.410 e. The molecule has 2 rings (SSSR count). The van der Waals surface area contributed by atoms with Crippen molar-refractivity contribution in [1.29, 1.82) is 0 Å². The molecule has 0 radical (unpaired) electrons. The molecule has 1 aliphatic heterocycles. The van der Waals surface area contributed by atoms with E-state index in [0.717, 1.165) is 5.69 Å². The molecule has 184 valence electrons. The first-order chi connectivity index (χ1) is 15.3. The van der Waals surface area contributed by atoms with E-state index in [4.69, 9.17) is 10.5 Å². The van der Waals surface area contributed by atoms with Crippen LogP contribution in [0, 0.1) is 5.92 Å². The maximum atomic E-state index is 12.7. The summed E-state index contributed by atoms with van der Waals surface area (Å²) in [4.78, 5) is 41.2. The van der Waals surface area contributed by atoms with Crippen molar-refractivity contribution in [3.05, 3.63) is 23.8 Å². The van der Waals surface area contributed by atoms with Crippen LogP contribution in [-0.2, 0) is 9.53 Å². The molecule has 0 spiro atoms. The van der Waals surface area contributed by atoms with Gasteiger partial charge in [-0.15, -0.1) is 0 Å². The zero-order valence-electron chi connectivity index (χ0n) is 20.9. The quantitative estimate of drug-likeness (QED) is 0.561. The lowest BCUT2D eigenvalue weighted by molar-refractivity contribution is -0.120. The van der Waals surface area contributed by atoms with Gasteiger partial charge in [-0.1, -0.05) is 13.8 Å². The summed E-state index contributed by atoms with van der Waals surface area (Å²) in [6.07, 6.45) is -0.308. The molecule has 1 aromatic rings. The number of nitrogen functional groups attached to an aromatic ring is 1. The van der Waals surface area contributed by atoms with E-state index in [2.05, 4.69) is 29.4 Å². The number of rotatable bonds is 6. The SMILES string of the molecule is CC(C)NC(=O)CNC(=O)c1cc(N2CCN(C(=O)OC(C)(C)C)[C@@H](C(C)C)C2)ccc1N. The molecule has 1 heterocycles. The molecule has 1 aliphatic rings. The highest BCUT2D eigenvalue weighted by atomic mass is 16.6. The summed E-state index contributed by atoms with van der Waals surface area (Å²) >= 11 is 0. The van der Waals surface area contributed by atoms with Gasteiger partial charge in [0.25, 0.3) is 5.91 Å². The molecule has 0 aromatic heterocycles. The summed E-state index contributed by atoms with van der Waals surface area (Å²) in [6, 6.07) is 5.27. The molecule has 33 heavy (non-hydrogen) atoms. The van der Waals surface area contributed by atoms with Crippen molar-refractivity contribution in [3.63, 3.8) is 0 Å². The number of nitrogens with two attached hydrogens (primary N) is 1. The second-order valence-electron chi connectivity index (χ2n) is 10.1. The van der Waals surface area contributed by atoms with Gasteiger partial charge >= 0.3 is 6.09 Å². The largest absolute Gasteiger partial charge is 0.444 e. The van der Waals surface area contributed by atoms with E-state index in [1.54, 1.807) is 17.0 Å². The van der Waals surface area contributed by atoms with Crippen molar-refractivity contribution in [1.82, 2.24) is 15.5 Å². The Morgan fingerprint density at radius 3 is 2.39 bits per heavy atom. The number of ether oxygens (including phenoxy) is 1. The molecular formula is C24H39N5O4. The zero-order chi connectivity index (χ0) is 24.9. The van der Waals surface area contributed by atoms with E-state index in [9.17, 15) is 14.4 Å². The fourth-order valence-corrected chi connectivity index (χ4v) is 3.73. The lowest BCUT2D eigenvalue weighted by atomic mass is 9.99. The maximum absolute atomic E-state index is 12.7. The van der Waals surface area contributed by atoms with Crippen LogP contribution in [0.2, 0.25) is 0 Å². The molecule has 9 heteroatoms. The molecule has 9 nitrogen and oxygen atoms in total. The third-order valence-corrected chi connectivity index (χ3v) is 5.32. The van der Waals surface area contributed by atoms with Gasteiger partial charge in [-0.25, -0.2) is 4.79 Å². The fourth-order valence-electron chi connectivity index (χ4n) is 3.73. The number of hydrogen-bond donors (Lipinski definition) is 3. The van der Waals surface area contributed by atoms with Gasteiger partial charge in [0.2, 0.25) is 5.91 Å². The summed E-state index contributed by atoms with van der Waals surface area (Å²) in [5.74, 6) is -0.441. The number of carbonyl (C=O) groups excluding carboxylic acids is 3. The first-order valence-electron chi connectivity index (χ1n) is 11.5. The highest BCUT2D eigenvalue weighted by Crippen LogP contribution is 2.27. The lowest BCUT2D eigenvalue weighted by Crippen LogP contribution is -2.58. The standard InChI is InChI=1S/C24H39N5O4/c1-15(2)20-14-28(10-11-29(20)23(32)33-24(5,6)7)17-8-9-19(25)18(12-17)22(31)26-13-21(30)27-16(3)4/h8-9,12,15-16,20H,10-11,13-14,25H2,1-7H3,(H,26,31)(H,27,30)/t20-/m1/s1. The minimum absolute atomic E-state index is 0.00366. The Morgan fingerprint density at radius 2 is 1.82 bits per heavy atom. The minimum Gasteiger partial charge on any atom is -0.444 e. The number of hydrogen-bond acceptors (Lipinski definition) is 6. The smallest absolute Gasteiger partial charge is 0.410 e. The summed E-state index contributed by atoms with van der Waals surface area (Å²) < 4.78 is 5.60. The van der Waals surface area contributed by atoms with Crippen LogP contribution in [0.1, 0.15) is 58.8 Å². The van der Waals surface area contributed by atoms with Crippen LogP contribution in [0.25, 0.3) is 0 Å². The number of benzene rings is 1. The monoisotopic (exact) mass is 461 g/mol. The predicted molar refractivity (Wildman–Crippen MR) is 130 cm³/mol. The van der Waals surface area contributed by atoms with Crippen LogP contribution in [-0.4, -0.2) is 66.7 Å². The van der Waals surface area contributed by atoms with Gasteiger partial charge in [0.1, 0.15) is 5.60 Å². The lowest BCUT2D eigenvalue weighted by Gasteiger charge is -2.44. The van der Waals surface area contributed by atoms with Crippen LogP contribution in [0.15, 0.2) is 18.2 Å². The number of amides is 3. The average molecular weight is 462 g/mol. The predicted octanol–water partition coefficient (Wildman–Crippen LogP) is 2.60. The summed E-state index contributed by atoms with van der Waals surface area (Å²) in [7, 11) is 0. The third kappa shape index (κ3) is 7.54. The van der Waals surface area contributed by atoms with Gasteiger partial charge in [-0.2, -0.15) is 0 Å². The molecular weight excluding hydrogens is 422 g/mol. The van der Waals surface area contributed by atoms with Gasteiger partial charge in [0.05, 0.1) is 18.2 Å². The highest BCUT2D eigenvalue weighted by Gasteiger charge is 2.35. The van der Waals surface area contributed by atoms with Crippen LogP contribution in [0.5, 0.6) is 0 Å². The summed E-state index contributed by atoms with van der Waals surface area (Å²) in [5, 5.41) is 5.36. The summed E-state index contributed by atoms with van der Waals surface area (Å²) in [6.45, 7) is 15.1. The number of nitrogens with zero attached hydrogens (tertiary/aromatic N) is 2. The van der Waals surface area contributed by atoms with Crippen LogP contribution >= 0.6 is 0 Å². The van der Waals surface area contributed by atoms with Crippen LogP contribution in [0.3, 0.4) is 0 Å². The molecule has 4 N–H and O–H groups in total. The first-order valence-corrected chi connectivity index (χ1v) is 11.5.